The predicted octanol–water partition coefficient (Wildman–Crippen LogP) is 3.90. The van der Waals surface area contributed by atoms with Crippen LogP contribution in [-0.4, -0.2) is 37.6 Å². The Bertz CT molecular complexity index is 1070. The van der Waals surface area contributed by atoms with Gasteiger partial charge in [0.1, 0.15) is 12.7 Å². The van der Waals surface area contributed by atoms with Crippen LogP contribution in [0.25, 0.3) is 16.6 Å². The summed E-state index contributed by atoms with van der Waals surface area (Å²) in [7, 11) is 1.87. The summed E-state index contributed by atoms with van der Waals surface area (Å²) in [5, 5.41) is 5.32. The molecule has 1 unspecified atom stereocenters. The predicted molar refractivity (Wildman–Crippen MR) is 109 cm³/mol. The first-order chi connectivity index (χ1) is 13.6. The molecule has 28 heavy (non-hydrogen) atoms. The zero-order chi connectivity index (χ0) is 19.5. The van der Waals surface area contributed by atoms with Gasteiger partial charge in [-0.05, 0) is 42.7 Å². The molecular weight excluding hydrogens is 350 g/mol. The van der Waals surface area contributed by atoms with Gasteiger partial charge in [-0.15, -0.1) is 0 Å². The second kappa shape index (κ2) is 7.68. The normalized spacial score (nSPS) is 12.2. The van der Waals surface area contributed by atoms with E-state index < -0.39 is 0 Å². The van der Waals surface area contributed by atoms with Gasteiger partial charge in [-0.1, -0.05) is 30.3 Å². The summed E-state index contributed by atoms with van der Waals surface area (Å²) < 4.78 is 1.71. The van der Waals surface area contributed by atoms with E-state index in [0.717, 1.165) is 23.2 Å². The van der Waals surface area contributed by atoms with E-state index in [4.69, 9.17) is 0 Å². The van der Waals surface area contributed by atoms with Gasteiger partial charge in [-0.2, -0.15) is 5.10 Å². The summed E-state index contributed by atoms with van der Waals surface area (Å²) in [6.45, 7) is 2.05. The van der Waals surface area contributed by atoms with E-state index in [2.05, 4.69) is 27.2 Å². The number of fused-ring (bicyclic) bond motifs is 1. The van der Waals surface area contributed by atoms with E-state index in [9.17, 15) is 4.79 Å². The van der Waals surface area contributed by atoms with Crippen molar-refractivity contribution in [2.75, 3.05) is 7.05 Å². The molecule has 2 aromatic heterocycles. The Hall–Kier alpha value is -3.41. The number of aromatic amines is 1. The molecule has 0 saturated heterocycles. The lowest BCUT2D eigenvalue weighted by atomic mass is 10.0. The van der Waals surface area contributed by atoms with Crippen molar-refractivity contribution in [2.24, 2.45) is 0 Å². The average molecular weight is 373 g/mol. The Morgan fingerprint density at radius 1 is 1.18 bits per heavy atom. The zero-order valence-electron chi connectivity index (χ0n) is 16.0. The third kappa shape index (κ3) is 3.53. The van der Waals surface area contributed by atoms with Crippen molar-refractivity contribution >= 4 is 16.8 Å². The molecule has 2 aromatic carbocycles. The third-order valence-electron chi connectivity index (χ3n) is 5.32. The highest BCUT2D eigenvalue weighted by Gasteiger charge is 2.18. The van der Waals surface area contributed by atoms with E-state index in [1.165, 1.54) is 17.3 Å². The van der Waals surface area contributed by atoms with Gasteiger partial charge < -0.3 is 9.88 Å². The summed E-state index contributed by atoms with van der Waals surface area (Å²) >= 11 is 0. The van der Waals surface area contributed by atoms with Crippen LogP contribution in [0.2, 0.25) is 0 Å². The number of aromatic nitrogens is 4. The Labute approximate surface area is 163 Å². The van der Waals surface area contributed by atoms with Gasteiger partial charge in [0.25, 0.3) is 0 Å². The number of carbonyl (C=O) groups excluding carboxylic acids is 1. The minimum Gasteiger partial charge on any atom is -0.361 e. The van der Waals surface area contributed by atoms with Crippen molar-refractivity contribution in [1.29, 1.82) is 0 Å². The standard InChI is InChI=1S/C22H23N5O/c1-16(17-7-10-19(11-8-17)27-15-23-14-25-27)26(2)22(28)12-9-18-13-24-21-6-4-3-5-20(18)21/h3-8,10-11,13-16,24H,9,12H2,1-2H3. The lowest BCUT2D eigenvalue weighted by Gasteiger charge is -2.25. The number of nitrogens with one attached hydrogen (secondary N) is 1. The van der Waals surface area contributed by atoms with Gasteiger partial charge in [-0.3, -0.25) is 4.79 Å². The SMILES string of the molecule is CC(c1ccc(-n2cncn2)cc1)N(C)C(=O)CCc1c[nH]c2ccccc12. The van der Waals surface area contributed by atoms with E-state index in [1.807, 2.05) is 61.5 Å². The number of rotatable bonds is 6. The van der Waals surface area contributed by atoms with Crippen LogP contribution < -0.4 is 0 Å². The molecule has 0 radical (unpaired) electrons. The van der Waals surface area contributed by atoms with E-state index in [-0.39, 0.29) is 11.9 Å². The first-order valence-electron chi connectivity index (χ1n) is 9.39. The van der Waals surface area contributed by atoms with Crippen molar-refractivity contribution in [3.63, 3.8) is 0 Å². The van der Waals surface area contributed by atoms with Crippen molar-refractivity contribution in [3.8, 4) is 5.69 Å². The number of hydrogen-bond donors (Lipinski definition) is 1. The number of para-hydroxylation sites is 1. The largest absolute Gasteiger partial charge is 0.361 e. The van der Waals surface area contributed by atoms with Crippen LogP contribution in [0.4, 0.5) is 0 Å². The molecule has 0 saturated carbocycles. The smallest absolute Gasteiger partial charge is 0.223 e. The van der Waals surface area contributed by atoms with Gasteiger partial charge in [-0.25, -0.2) is 9.67 Å². The minimum absolute atomic E-state index is 0.000246. The fourth-order valence-electron chi connectivity index (χ4n) is 3.44. The topological polar surface area (TPSA) is 66.8 Å². The molecule has 2 heterocycles. The van der Waals surface area contributed by atoms with Crippen LogP contribution in [0.3, 0.4) is 0 Å². The van der Waals surface area contributed by atoms with Crippen molar-refractivity contribution in [2.45, 2.75) is 25.8 Å². The molecule has 0 bridgehead atoms. The summed E-state index contributed by atoms with van der Waals surface area (Å²) in [6.07, 6.45) is 6.39. The number of nitrogens with zero attached hydrogens (tertiary/aromatic N) is 4. The molecule has 0 aliphatic rings. The number of hydrogen-bond acceptors (Lipinski definition) is 3. The maximum atomic E-state index is 12.7. The monoisotopic (exact) mass is 373 g/mol. The molecular formula is C22H23N5O. The van der Waals surface area contributed by atoms with Crippen LogP contribution in [0, 0.1) is 0 Å². The van der Waals surface area contributed by atoms with Crippen LogP contribution in [0.5, 0.6) is 0 Å². The Morgan fingerprint density at radius 3 is 2.71 bits per heavy atom. The molecule has 4 aromatic rings. The zero-order valence-corrected chi connectivity index (χ0v) is 16.0. The molecule has 6 nitrogen and oxygen atoms in total. The molecule has 0 aliphatic heterocycles. The van der Waals surface area contributed by atoms with Crippen LogP contribution >= 0.6 is 0 Å². The average Bonchev–Trinajstić information content (AvgIpc) is 3.41. The van der Waals surface area contributed by atoms with Crippen molar-refractivity contribution in [1.82, 2.24) is 24.6 Å². The summed E-state index contributed by atoms with van der Waals surface area (Å²) in [5.74, 6) is 0.137. The van der Waals surface area contributed by atoms with E-state index >= 15 is 0 Å². The highest BCUT2D eigenvalue weighted by Crippen LogP contribution is 2.23. The quantitative estimate of drug-likeness (QED) is 0.557. The Kier molecular flexibility index (Phi) is 4.93. The molecule has 1 amide bonds. The molecule has 0 spiro atoms. The van der Waals surface area contributed by atoms with Crippen molar-refractivity contribution in [3.05, 3.63) is 78.5 Å². The molecule has 0 fully saturated rings. The second-order valence-corrected chi connectivity index (χ2v) is 6.97. The first-order valence-corrected chi connectivity index (χ1v) is 9.39. The van der Waals surface area contributed by atoms with Gasteiger partial charge in [0.15, 0.2) is 0 Å². The second-order valence-electron chi connectivity index (χ2n) is 6.97. The first kappa shape index (κ1) is 18.0. The fraction of sp³-hybridized carbons (Fsp3) is 0.227. The van der Waals surface area contributed by atoms with Crippen LogP contribution in [0.1, 0.15) is 30.5 Å². The molecule has 6 heteroatoms. The highest BCUT2D eigenvalue weighted by molar-refractivity contribution is 5.84. The molecule has 142 valence electrons. The lowest BCUT2D eigenvalue weighted by molar-refractivity contribution is -0.131. The van der Waals surface area contributed by atoms with E-state index in [0.29, 0.717) is 6.42 Å². The number of carbonyl (C=O) groups is 1. The summed E-state index contributed by atoms with van der Waals surface area (Å²) in [5.41, 5.74) is 4.33. The van der Waals surface area contributed by atoms with Gasteiger partial charge >= 0.3 is 0 Å². The van der Waals surface area contributed by atoms with E-state index in [1.54, 1.807) is 11.0 Å². The highest BCUT2D eigenvalue weighted by atomic mass is 16.2. The van der Waals surface area contributed by atoms with Gasteiger partial charge in [0.2, 0.25) is 5.91 Å². The maximum Gasteiger partial charge on any atom is 0.223 e. The fourth-order valence-corrected chi connectivity index (χ4v) is 3.44. The third-order valence-corrected chi connectivity index (χ3v) is 5.32. The minimum atomic E-state index is 0.000246. The number of amides is 1. The van der Waals surface area contributed by atoms with Crippen molar-refractivity contribution < 1.29 is 4.79 Å². The molecule has 0 aliphatic carbocycles. The van der Waals surface area contributed by atoms with Crippen LogP contribution in [-0.2, 0) is 11.2 Å². The number of aryl methyl sites for hydroxylation is 1. The number of benzene rings is 2. The molecule has 1 N–H and O–H groups in total. The van der Waals surface area contributed by atoms with Crippen LogP contribution in [0.15, 0.2) is 67.4 Å². The lowest BCUT2D eigenvalue weighted by Crippen LogP contribution is -2.29. The van der Waals surface area contributed by atoms with Gasteiger partial charge in [0, 0.05) is 30.6 Å². The number of H-pyrrole nitrogens is 1. The van der Waals surface area contributed by atoms with Gasteiger partial charge in [0.05, 0.1) is 11.7 Å². The summed E-state index contributed by atoms with van der Waals surface area (Å²) in [4.78, 5) is 21.8. The Morgan fingerprint density at radius 2 is 1.96 bits per heavy atom. The molecule has 1 atom stereocenters. The Balaban J connectivity index is 1.40. The maximum absolute atomic E-state index is 12.7. The molecule has 4 rings (SSSR count). The summed E-state index contributed by atoms with van der Waals surface area (Å²) in [6, 6.07) is 16.2.